The lowest BCUT2D eigenvalue weighted by Gasteiger charge is -2.34. The number of piperazine rings is 1. The van der Waals surface area contributed by atoms with Crippen molar-refractivity contribution in [3.05, 3.63) is 63.7 Å². The molecule has 8 nitrogen and oxygen atoms in total. The number of nitro groups is 1. The standard InChI is InChI=1S/C20H25N3O5S/c1-16-7-8-17(2)20(15-16)29(26,27)22-11-9-21(10-12-22)13-14-28-19-6-4-3-5-18(19)23(24)25/h3-8,15H,9-14H2,1-2H3. The molecule has 0 atom stereocenters. The summed E-state index contributed by atoms with van der Waals surface area (Å²) in [5, 5.41) is 11.0. The number of nitrogens with zero attached hydrogens (tertiary/aromatic N) is 3. The number of aryl methyl sites for hydroxylation is 2. The minimum absolute atomic E-state index is 0.0584. The summed E-state index contributed by atoms with van der Waals surface area (Å²) in [7, 11) is -3.52. The minimum atomic E-state index is -3.52. The van der Waals surface area contributed by atoms with Gasteiger partial charge < -0.3 is 4.74 Å². The van der Waals surface area contributed by atoms with Crippen molar-refractivity contribution >= 4 is 15.7 Å². The van der Waals surface area contributed by atoms with Gasteiger partial charge in [0.1, 0.15) is 6.61 Å². The second-order valence-corrected chi connectivity index (χ2v) is 8.99. The molecule has 29 heavy (non-hydrogen) atoms. The molecule has 0 radical (unpaired) electrons. The van der Waals surface area contributed by atoms with Crippen LogP contribution in [0.15, 0.2) is 47.4 Å². The molecule has 0 spiro atoms. The van der Waals surface area contributed by atoms with Crippen molar-refractivity contribution in [1.82, 2.24) is 9.21 Å². The van der Waals surface area contributed by atoms with Crippen LogP contribution in [-0.2, 0) is 10.0 Å². The number of hydrogen-bond acceptors (Lipinski definition) is 6. The van der Waals surface area contributed by atoms with Crippen molar-refractivity contribution in [3.8, 4) is 5.75 Å². The lowest BCUT2D eigenvalue weighted by atomic mass is 10.2. The highest BCUT2D eigenvalue weighted by Gasteiger charge is 2.29. The average Bonchev–Trinajstić information content (AvgIpc) is 2.70. The van der Waals surface area contributed by atoms with Gasteiger partial charge in [-0.15, -0.1) is 0 Å². The van der Waals surface area contributed by atoms with Crippen molar-refractivity contribution in [2.75, 3.05) is 39.3 Å². The summed E-state index contributed by atoms with van der Waals surface area (Å²) >= 11 is 0. The van der Waals surface area contributed by atoms with E-state index in [1.54, 1.807) is 24.3 Å². The highest BCUT2D eigenvalue weighted by atomic mass is 32.2. The predicted molar refractivity (Wildman–Crippen MR) is 110 cm³/mol. The second kappa shape index (κ2) is 8.89. The van der Waals surface area contributed by atoms with Gasteiger partial charge in [-0.05, 0) is 37.1 Å². The fourth-order valence-corrected chi connectivity index (χ4v) is 5.06. The summed E-state index contributed by atoms with van der Waals surface area (Å²) in [6.45, 7) is 6.55. The maximum atomic E-state index is 13.0. The topological polar surface area (TPSA) is 93.0 Å². The number of nitro benzene ring substituents is 1. The number of hydrogen-bond donors (Lipinski definition) is 0. The SMILES string of the molecule is Cc1ccc(C)c(S(=O)(=O)N2CCN(CCOc3ccccc3[N+](=O)[O-])CC2)c1. The second-order valence-electron chi connectivity index (χ2n) is 7.09. The molecule has 1 saturated heterocycles. The third-order valence-corrected chi connectivity index (χ3v) is 7.06. The van der Waals surface area contributed by atoms with E-state index in [1.165, 1.54) is 10.4 Å². The summed E-state index contributed by atoms with van der Waals surface area (Å²) in [6.07, 6.45) is 0. The molecule has 0 N–H and O–H groups in total. The van der Waals surface area contributed by atoms with Gasteiger partial charge in [-0.25, -0.2) is 8.42 Å². The molecule has 0 amide bonds. The zero-order valence-corrected chi connectivity index (χ0v) is 17.4. The molecule has 156 valence electrons. The lowest BCUT2D eigenvalue weighted by molar-refractivity contribution is -0.385. The Bertz CT molecular complexity index is 985. The largest absolute Gasteiger partial charge is 0.485 e. The molecule has 2 aromatic rings. The van der Waals surface area contributed by atoms with Crippen LogP contribution in [0.2, 0.25) is 0 Å². The van der Waals surface area contributed by atoms with Crippen molar-refractivity contribution in [3.63, 3.8) is 0 Å². The van der Waals surface area contributed by atoms with Crippen LogP contribution in [0, 0.1) is 24.0 Å². The third kappa shape index (κ3) is 4.92. The fraction of sp³-hybridized carbons (Fsp3) is 0.400. The smallest absolute Gasteiger partial charge is 0.310 e. The molecule has 2 aromatic carbocycles. The molecule has 1 aliphatic heterocycles. The zero-order valence-electron chi connectivity index (χ0n) is 16.6. The highest BCUT2D eigenvalue weighted by Crippen LogP contribution is 2.26. The fourth-order valence-electron chi connectivity index (χ4n) is 3.33. The minimum Gasteiger partial charge on any atom is -0.485 e. The van der Waals surface area contributed by atoms with Gasteiger partial charge in [0.25, 0.3) is 0 Å². The van der Waals surface area contributed by atoms with Crippen molar-refractivity contribution in [2.24, 2.45) is 0 Å². The summed E-state index contributed by atoms with van der Waals surface area (Å²) in [6, 6.07) is 11.7. The predicted octanol–water partition coefficient (Wildman–Crippen LogP) is 2.60. The van der Waals surface area contributed by atoms with Crippen LogP contribution < -0.4 is 4.74 Å². The first-order valence-corrected chi connectivity index (χ1v) is 10.9. The van der Waals surface area contributed by atoms with Crippen LogP contribution in [0.25, 0.3) is 0 Å². The Kier molecular flexibility index (Phi) is 6.51. The van der Waals surface area contributed by atoms with Gasteiger partial charge in [0.2, 0.25) is 10.0 Å². The van der Waals surface area contributed by atoms with Crippen molar-refractivity contribution in [2.45, 2.75) is 18.7 Å². The molecule has 9 heteroatoms. The van der Waals surface area contributed by atoms with E-state index >= 15 is 0 Å². The number of sulfonamides is 1. The van der Waals surface area contributed by atoms with E-state index in [0.29, 0.717) is 44.2 Å². The van der Waals surface area contributed by atoms with Crippen LogP contribution in [0.5, 0.6) is 5.75 Å². The molecule has 0 aliphatic carbocycles. The van der Waals surface area contributed by atoms with Crippen LogP contribution >= 0.6 is 0 Å². The first-order valence-electron chi connectivity index (χ1n) is 9.45. The van der Waals surface area contributed by atoms with Gasteiger partial charge >= 0.3 is 5.69 Å². The maximum Gasteiger partial charge on any atom is 0.310 e. The monoisotopic (exact) mass is 419 g/mol. The highest BCUT2D eigenvalue weighted by molar-refractivity contribution is 7.89. The molecule has 0 unspecified atom stereocenters. The lowest BCUT2D eigenvalue weighted by Crippen LogP contribution is -2.49. The van der Waals surface area contributed by atoms with Crippen LogP contribution in [0.3, 0.4) is 0 Å². The molecular weight excluding hydrogens is 394 g/mol. The summed E-state index contributed by atoms with van der Waals surface area (Å²) < 4.78 is 33.1. The molecule has 1 aliphatic rings. The van der Waals surface area contributed by atoms with E-state index in [0.717, 1.165) is 11.1 Å². The molecule has 3 rings (SSSR count). The molecule has 0 bridgehead atoms. The van der Waals surface area contributed by atoms with Gasteiger partial charge in [0.15, 0.2) is 5.75 Å². The Hall–Kier alpha value is -2.49. The summed E-state index contributed by atoms with van der Waals surface area (Å²) in [4.78, 5) is 13.0. The van der Waals surface area contributed by atoms with Crippen molar-refractivity contribution < 1.29 is 18.1 Å². The first kappa shape index (κ1) is 21.2. The Labute approximate surface area is 170 Å². The number of para-hydroxylation sites is 2. The third-order valence-electron chi connectivity index (χ3n) is 5.02. The first-order chi connectivity index (χ1) is 13.8. The molecule has 0 saturated carbocycles. The Morgan fingerprint density at radius 3 is 2.45 bits per heavy atom. The molecule has 1 fully saturated rings. The van der Waals surface area contributed by atoms with E-state index in [1.807, 2.05) is 26.0 Å². The average molecular weight is 420 g/mol. The van der Waals surface area contributed by atoms with E-state index < -0.39 is 14.9 Å². The number of rotatable bonds is 7. The van der Waals surface area contributed by atoms with E-state index in [-0.39, 0.29) is 11.4 Å². The van der Waals surface area contributed by atoms with Crippen LogP contribution in [0.1, 0.15) is 11.1 Å². The van der Waals surface area contributed by atoms with E-state index in [9.17, 15) is 18.5 Å². The normalized spacial score (nSPS) is 15.9. The zero-order chi connectivity index (χ0) is 21.0. The molecule has 0 aromatic heterocycles. The Balaban J connectivity index is 1.55. The van der Waals surface area contributed by atoms with Gasteiger partial charge in [0, 0.05) is 38.8 Å². The van der Waals surface area contributed by atoms with Crippen LogP contribution in [-0.4, -0.2) is 61.9 Å². The van der Waals surface area contributed by atoms with Gasteiger partial charge in [-0.3, -0.25) is 15.0 Å². The van der Waals surface area contributed by atoms with E-state index in [4.69, 9.17) is 4.74 Å². The van der Waals surface area contributed by atoms with Gasteiger partial charge in [-0.1, -0.05) is 24.3 Å². The molecule has 1 heterocycles. The quantitative estimate of drug-likeness (QED) is 0.506. The van der Waals surface area contributed by atoms with Gasteiger partial charge in [0.05, 0.1) is 9.82 Å². The number of benzene rings is 2. The van der Waals surface area contributed by atoms with E-state index in [2.05, 4.69) is 4.90 Å². The van der Waals surface area contributed by atoms with Crippen LogP contribution in [0.4, 0.5) is 5.69 Å². The molecular formula is C20H25N3O5S. The summed E-state index contributed by atoms with van der Waals surface area (Å²) in [5.41, 5.74) is 1.60. The summed E-state index contributed by atoms with van der Waals surface area (Å²) in [5.74, 6) is 0.244. The van der Waals surface area contributed by atoms with Gasteiger partial charge in [-0.2, -0.15) is 4.31 Å². The van der Waals surface area contributed by atoms with Crippen molar-refractivity contribution in [1.29, 1.82) is 0 Å². The number of ether oxygens (including phenoxy) is 1. The maximum absolute atomic E-state index is 13.0. The Morgan fingerprint density at radius 2 is 1.76 bits per heavy atom. The Morgan fingerprint density at radius 1 is 1.07 bits per heavy atom.